The van der Waals surface area contributed by atoms with Crippen molar-refractivity contribution in [2.75, 3.05) is 13.2 Å². The molecule has 0 spiro atoms. The van der Waals surface area contributed by atoms with Gasteiger partial charge in [-0.1, -0.05) is 0 Å². The van der Waals surface area contributed by atoms with Gasteiger partial charge in [-0.2, -0.15) is 0 Å². The minimum Gasteiger partial charge on any atom is -0.371 e. The second kappa shape index (κ2) is 3.65. The Morgan fingerprint density at radius 3 is 3.36 bits per heavy atom. The smallest absolute Gasteiger partial charge is 0.107 e. The van der Waals surface area contributed by atoms with Crippen LogP contribution in [-0.2, 0) is 11.2 Å². The van der Waals surface area contributed by atoms with Crippen LogP contribution in [0.1, 0.15) is 29.4 Å². The Morgan fingerprint density at radius 1 is 1.50 bits per heavy atom. The van der Waals surface area contributed by atoms with Crippen molar-refractivity contribution in [1.82, 2.24) is 5.32 Å². The van der Waals surface area contributed by atoms with Crippen LogP contribution in [0.2, 0.25) is 0 Å². The van der Waals surface area contributed by atoms with Gasteiger partial charge in [0.05, 0.1) is 6.61 Å². The second-order valence-corrected chi connectivity index (χ2v) is 5.00. The Kier molecular flexibility index (Phi) is 2.32. The highest BCUT2D eigenvalue weighted by atomic mass is 32.1. The predicted octanol–water partition coefficient (Wildman–Crippen LogP) is 2.11. The third-order valence-corrected chi connectivity index (χ3v) is 4.19. The minimum atomic E-state index is 0.334. The molecular weight excluding hydrogens is 194 g/mol. The van der Waals surface area contributed by atoms with Crippen LogP contribution < -0.4 is 5.32 Å². The number of fused-ring (bicyclic) bond motifs is 1. The van der Waals surface area contributed by atoms with Gasteiger partial charge in [0, 0.05) is 10.9 Å². The summed E-state index contributed by atoms with van der Waals surface area (Å²) in [5.41, 5.74) is 1.51. The molecule has 0 aromatic carbocycles. The van der Waals surface area contributed by atoms with Crippen molar-refractivity contribution >= 4 is 11.3 Å². The average molecular weight is 209 g/mol. The maximum atomic E-state index is 5.89. The number of hydrogen-bond acceptors (Lipinski definition) is 3. The van der Waals surface area contributed by atoms with Crippen LogP contribution in [0.3, 0.4) is 0 Å². The van der Waals surface area contributed by atoms with Crippen molar-refractivity contribution < 1.29 is 4.74 Å². The molecule has 14 heavy (non-hydrogen) atoms. The summed E-state index contributed by atoms with van der Waals surface area (Å²) in [6.07, 6.45) is 4.00. The Bertz CT molecular complexity index is 317. The average Bonchev–Trinajstić information content (AvgIpc) is 2.88. The van der Waals surface area contributed by atoms with Crippen molar-refractivity contribution in [3.05, 3.63) is 21.9 Å². The lowest BCUT2D eigenvalue weighted by atomic mass is 10.0. The van der Waals surface area contributed by atoms with Gasteiger partial charge in [-0.3, -0.25) is 0 Å². The molecular formula is C11H15NOS. The van der Waals surface area contributed by atoms with Crippen molar-refractivity contribution in [3.8, 4) is 0 Å². The van der Waals surface area contributed by atoms with Gasteiger partial charge in [-0.05, 0) is 42.8 Å². The van der Waals surface area contributed by atoms with E-state index in [9.17, 15) is 0 Å². The summed E-state index contributed by atoms with van der Waals surface area (Å²) in [5, 5.41) is 5.73. The number of thiophene rings is 1. The molecule has 3 heteroatoms. The third-order valence-electron chi connectivity index (χ3n) is 3.17. The summed E-state index contributed by atoms with van der Waals surface area (Å²) >= 11 is 1.86. The monoisotopic (exact) mass is 209 g/mol. The van der Waals surface area contributed by atoms with Crippen LogP contribution in [0.5, 0.6) is 0 Å². The Morgan fingerprint density at radius 2 is 2.50 bits per heavy atom. The van der Waals surface area contributed by atoms with Gasteiger partial charge in [0.2, 0.25) is 0 Å². The minimum absolute atomic E-state index is 0.334. The van der Waals surface area contributed by atoms with Crippen molar-refractivity contribution in [3.63, 3.8) is 0 Å². The molecule has 76 valence electrons. The molecule has 1 N–H and O–H groups in total. The van der Waals surface area contributed by atoms with E-state index >= 15 is 0 Å². The summed E-state index contributed by atoms with van der Waals surface area (Å²) in [6, 6.07) is 2.82. The molecule has 2 atom stereocenters. The van der Waals surface area contributed by atoms with E-state index in [1.807, 2.05) is 11.3 Å². The lowest BCUT2D eigenvalue weighted by Crippen LogP contribution is -2.32. The molecule has 2 aliphatic rings. The van der Waals surface area contributed by atoms with Crippen LogP contribution in [0, 0.1) is 0 Å². The topological polar surface area (TPSA) is 21.3 Å². The van der Waals surface area contributed by atoms with E-state index in [0.29, 0.717) is 12.1 Å². The first-order valence-electron chi connectivity index (χ1n) is 5.36. The van der Waals surface area contributed by atoms with Gasteiger partial charge in [0.1, 0.15) is 6.10 Å². The number of rotatable bonds is 1. The van der Waals surface area contributed by atoms with Crippen molar-refractivity contribution in [1.29, 1.82) is 0 Å². The van der Waals surface area contributed by atoms with E-state index < -0.39 is 0 Å². The van der Waals surface area contributed by atoms with Crippen LogP contribution >= 0.6 is 11.3 Å². The van der Waals surface area contributed by atoms with Crippen molar-refractivity contribution in [2.24, 2.45) is 0 Å². The van der Waals surface area contributed by atoms with Gasteiger partial charge in [0.15, 0.2) is 0 Å². The number of hydrogen-bond donors (Lipinski definition) is 1. The normalized spacial score (nSPS) is 31.7. The lowest BCUT2D eigenvalue weighted by Gasteiger charge is -2.28. The maximum Gasteiger partial charge on any atom is 0.107 e. The Hall–Kier alpha value is -0.380. The highest BCUT2D eigenvalue weighted by Crippen LogP contribution is 2.36. The number of nitrogens with one attached hydrogen (secondary N) is 1. The van der Waals surface area contributed by atoms with E-state index in [4.69, 9.17) is 4.74 Å². The molecule has 1 aromatic rings. The van der Waals surface area contributed by atoms with E-state index in [0.717, 1.165) is 19.6 Å². The first kappa shape index (κ1) is 8.89. The molecule has 0 radical (unpaired) electrons. The van der Waals surface area contributed by atoms with Gasteiger partial charge in [-0.15, -0.1) is 11.3 Å². The zero-order valence-corrected chi connectivity index (χ0v) is 8.98. The molecule has 2 aliphatic heterocycles. The van der Waals surface area contributed by atoms with Gasteiger partial charge >= 0.3 is 0 Å². The zero-order valence-electron chi connectivity index (χ0n) is 8.16. The molecule has 3 rings (SSSR count). The lowest BCUT2D eigenvalue weighted by molar-refractivity contribution is 0.0229. The van der Waals surface area contributed by atoms with Crippen LogP contribution in [0.4, 0.5) is 0 Å². The van der Waals surface area contributed by atoms with Gasteiger partial charge < -0.3 is 10.1 Å². The highest BCUT2D eigenvalue weighted by molar-refractivity contribution is 7.10. The van der Waals surface area contributed by atoms with E-state index in [1.54, 1.807) is 0 Å². The van der Waals surface area contributed by atoms with E-state index in [2.05, 4.69) is 16.8 Å². The van der Waals surface area contributed by atoms with Gasteiger partial charge in [-0.25, -0.2) is 0 Å². The SMILES string of the molecule is c1cc2c(s1)[C@H](C1CCCN1)OCC2. The maximum absolute atomic E-state index is 5.89. The summed E-state index contributed by atoms with van der Waals surface area (Å²) in [6.45, 7) is 2.05. The zero-order chi connectivity index (χ0) is 9.38. The quantitative estimate of drug-likeness (QED) is 0.765. The Balaban J connectivity index is 1.88. The third kappa shape index (κ3) is 1.40. The molecule has 0 saturated carbocycles. The number of ether oxygens (including phenoxy) is 1. The molecule has 0 aliphatic carbocycles. The van der Waals surface area contributed by atoms with Gasteiger partial charge in [0.25, 0.3) is 0 Å². The van der Waals surface area contributed by atoms with E-state index in [-0.39, 0.29) is 0 Å². The summed E-state index contributed by atoms with van der Waals surface area (Å²) < 4.78 is 5.89. The molecule has 2 nitrogen and oxygen atoms in total. The molecule has 1 unspecified atom stereocenters. The van der Waals surface area contributed by atoms with Crippen LogP contribution in [-0.4, -0.2) is 19.2 Å². The fraction of sp³-hybridized carbons (Fsp3) is 0.636. The fourth-order valence-electron chi connectivity index (χ4n) is 2.44. The Labute approximate surface area is 88.3 Å². The molecule has 0 bridgehead atoms. The highest BCUT2D eigenvalue weighted by Gasteiger charge is 2.31. The molecule has 1 saturated heterocycles. The molecule has 1 fully saturated rings. The summed E-state index contributed by atoms with van der Waals surface area (Å²) in [5.74, 6) is 0. The van der Waals surface area contributed by atoms with Crippen molar-refractivity contribution in [2.45, 2.75) is 31.4 Å². The summed E-state index contributed by atoms with van der Waals surface area (Å²) in [4.78, 5) is 1.47. The standard InChI is InChI=1S/C11H15NOS/c1-2-9(12-5-1)10-11-8(3-6-13-10)4-7-14-11/h4,7,9-10,12H,1-3,5-6H2/t9?,10-/m0/s1. The first-order valence-corrected chi connectivity index (χ1v) is 6.24. The largest absolute Gasteiger partial charge is 0.371 e. The van der Waals surface area contributed by atoms with E-state index in [1.165, 1.54) is 23.3 Å². The second-order valence-electron chi connectivity index (χ2n) is 4.05. The molecule has 1 aromatic heterocycles. The first-order chi connectivity index (χ1) is 6.95. The van der Waals surface area contributed by atoms with Crippen LogP contribution in [0.15, 0.2) is 11.4 Å². The summed E-state index contributed by atoms with van der Waals surface area (Å²) in [7, 11) is 0. The fourth-order valence-corrected chi connectivity index (χ4v) is 3.51. The molecule has 0 amide bonds. The molecule has 3 heterocycles. The predicted molar refractivity (Wildman–Crippen MR) is 57.7 cm³/mol. The van der Waals surface area contributed by atoms with Crippen LogP contribution in [0.25, 0.3) is 0 Å².